The molecule has 12 heteroatoms. The van der Waals surface area contributed by atoms with E-state index in [0.29, 0.717) is 41.2 Å². The molecule has 1 unspecified atom stereocenters. The fourth-order valence-corrected chi connectivity index (χ4v) is 4.21. The summed E-state index contributed by atoms with van der Waals surface area (Å²) >= 11 is 5.96. The summed E-state index contributed by atoms with van der Waals surface area (Å²) in [4.78, 5) is 32.0. The topological polar surface area (TPSA) is 134 Å². The summed E-state index contributed by atoms with van der Waals surface area (Å²) in [5, 5.41) is 18.9. The van der Waals surface area contributed by atoms with Gasteiger partial charge in [-0.05, 0) is 53.6 Å². The molecule has 37 heavy (non-hydrogen) atoms. The van der Waals surface area contributed by atoms with Crippen molar-refractivity contribution in [2.45, 2.75) is 26.0 Å². The van der Waals surface area contributed by atoms with Crippen molar-refractivity contribution in [2.75, 3.05) is 6.61 Å². The Morgan fingerprint density at radius 1 is 1.24 bits per heavy atom. The fraction of sp³-hybridized carbons (Fsp3) is 0.200. The second-order valence-electron chi connectivity index (χ2n) is 8.20. The molecule has 5 rings (SSSR count). The molecule has 11 nitrogen and oxygen atoms in total. The number of halogens is 1. The number of nitrogens with one attached hydrogen (secondary N) is 1. The second kappa shape index (κ2) is 10.3. The number of hydrogen-bond donors (Lipinski definition) is 1. The van der Waals surface area contributed by atoms with Gasteiger partial charge in [-0.25, -0.2) is 4.98 Å². The van der Waals surface area contributed by atoms with Crippen LogP contribution in [-0.4, -0.2) is 37.2 Å². The molecule has 0 fully saturated rings. The number of carbonyl (C=O) groups is 1. The predicted molar refractivity (Wildman–Crippen MR) is 133 cm³/mol. The molecule has 1 aliphatic rings. The first-order valence-electron chi connectivity index (χ1n) is 11.4. The molecule has 0 spiro atoms. The van der Waals surface area contributed by atoms with Gasteiger partial charge < -0.3 is 24.9 Å². The van der Waals surface area contributed by atoms with Crippen LogP contribution < -0.4 is 10.1 Å². The Labute approximate surface area is 216 Å². The lowest BCUT2D eigenvalue weighted by Crippen LogP contribution is -2.35. The number of nitrogens with zero attached hydrogens (tertiary/aromatic N) is 5. The van der Waals surface area contributed by atoms with Crippen LogP contribution in [0.15, 0.2) is 60.9 Å². The van der Waals surface area contributed by atoms with Crippen molar-refractivity contribution < 1.29 is 19.2 Å². The van der Waals surface area contributed by atoms with E-state index in [4.69, 9.17) is 21.1 Å². The van der Waals surface area contributed by atoms with E-state index in [-0.39, 0.29) is 29.5 Å². The summed E-state index contributed by atoms with van der Waals surface area (Å²) in [6, 6.07) is 13.4. The van der Waals surface area contributed by atoms with E-state index >= 15 is 0 Å². The zero-order valence-corrected chi connectivity index (χ0v) is 20.4. The van der Waals surface area contributed by atoms with Crippen LogP contribution in [0.4, 0.5) is 5.82 Å². The lowest BCUT2D eigenvalue weighted by Gasteiger charge is -2.24. The molecule has 1 amide bonds. The Kier molecular flexibility index (Phi) is 6.80. The molecule has 0 bridgehead atoms. The number of fused-ring (bicyclic) bond motifs is 1. The predicted octanol–water partition coefficient (Wildman–Crippen LogP) is 4.58. The van der Waals surface area contributed by atoms with Gasteiger partial charge in [0.1, 0.15) is 5.75 Å². The van der Waals surface area contributed by atoms with Gasteiger partial charge >= 0.3 is 5.82 Å². The average molecular weight is 521 g/mol. The molecule has 188 valence electrons. The Hall–Kier alpha value is -4.35. The Morgan fingerprint density at radius 3 is 2.89 bits per heavy atom. The van der Waals surface area contributed by atoms with Crippen molar-refractivity contribution in [3.63, 3.8) is 0 Å². The second-order valence-corrected chi connectivity index (χ2v) is 8.54. The van der Waals surface area contributed by atoms with Gasteiger partial charge in [0.25, 0.3) is 5.91 Å². The quantitative estimate of drug-likeness (QED) is 0.203. The van der Waals surface area contributed by atoms with Gasteiger partial charge in [0.05, 0.1) is 40.8 Å². The zero-order valence-electron chi connectivity index (χ0n) is 19.6. The van der Waals surface area contributed by atoms with Crippen LogP contribution in [0.25, 0.3) is 5.69 Å². The molecule has 1 N–H and O–H groups in total. The smallest absolute Gasteiger partial charge is 0.395 e. The molecule has 1 aliphatic heterocycles. The number of carbonyl (C=O) groups excluding carboxylic acids is 1. The molecule has 0 saturated carbocycles. The number of rotatable bonds is 8. The van der Waals surface area contributed by atoms with E-state index in [1.807, 2.05) is 19.1 Å². The number of aromatic nitrogens is 4. The highest BCUT2D eigenvalue weighted by atomic mass is 35.5. The summed E-state index contributed by atoms with van der Waals surface area (Å²) in [6.45, 7) is 2.62. The van der Waals surface area contributed by atoms with Gasteiger partial charge in [-0.3, -0.25) is 4.79 Å². The maximum absolute atomic E-state index is 12.6. The first-order chi connectivity index (χ1) is 17.9. The summed E-state index contributed by atoms with van der Waals surface area (Å²) in [7, 11) is 0. The molecule has 1 atom stereocenters. The van der Waals surface area contributed by atoms with Crippen molar-refractivity contribution in [1.29, 1.82) is 0 Å². The highest BCUT2D eigenvalue weighted by molar-refractivity contribution is 6.28. The van der Waals surface area contributed by atoms with Gasteiger partial charge in [-0.1, -0.05) is 24.3 Å². The summed E-state index contributed by atoms with van der Waals surface area (Å²) in [5.41, 5.74) is 2.82. The van der Waals surface area contributed by atoms with Crippen molar-refractivity contribution in [2.24, 2.45) is 0 Å². The van der Waals surface area contributed by atoms with Crippen LogP contribution in [-0.2, 0) is 17.8 Å². The van der Waals surface area contributed by atoms with Crippen LogP contribution in [0.5, 0.6) is 11.6 Å². The maximum Gasteiger partial charge on any atom is 0.395 e. The van der Waals surface area contributed by atoms with E-state index in [2.05, 4.69) is 20.4 Å². The minimum absolute atomic E-state index is 0.0230. The maximum atomic E-state index is 12.6. The molecular weight excluding hydrogens is 500 g/mol. The van der Waals surface area contributed by atoms with Gasteiger partial charge in [0.2, 0.25) is 11.2 Å². The Morgan fingerprint density at radius 2 is 2.08 bits per heavy atom. The molecule has 2 aromatic carbocycles. The molecule has 0 radical (unpaired) electrons. The van der Waals surface area contributed by atoms with Gasteiger partial charge in [0.15, 0.2) is 0 Å². The minimum Gasteiger partial charge on any atom is -0.438 e. The van der Waals surface area contributed by atoms with Crippen LogP contribution in [0, 0.1) is 10.1 Å². The van der Waals surface area contributed by atoms with Gasteiger partial charge in [-0.2, -0.15) is 4.98 Å². The average Bonchev–Trinajstić information content (AvgIpc) is 3.35. The van der Waals surface area contributed by atoms with E-state index in [9.17, 15) is 14.9 Å². The monoisotopic (exact) mass is 520 g/mol. The molecule has 0 saturated heterocycles. The summed E-state index contributed by atoms with van der Waals surface area (Å²) < 4.78 is 12.8. The highest BCUT2D eigenvalue weighted by Gasteiger charge is 2.33. The SMILES string of the molecule is CCOCc1cnc(Cl)nc1Oc1cccc(-n2cc(C3Cc4ccccc4C(=O)N3)c([N+](=O)[O-])n2)c1. The zero-order chi connectivity index (χ0) is 25.9. The van der Waals surface area contributed by atoms with Crippen molar-refractivity contribution in [1.82, 2.24) is 25.1 Å². The van der Waals surface area contributed by atoms with E-state index in [1.165, 1.54) is 10.9 Å². The Balaban J connectivity index is 1.46. The van der Waals surface area contributed by atoms with E-state index in [1.54, 1.807) is 42.6 Å². The summed E-state index contributed by atoms with van der Waals surface area (Å²) in [6.07, 6.45) is 3.50. The Bertz CT molecular complexity index is 1490. The third-order valence-corrected chi connectivity index (χ3v) is 6.00. The van der Waals surface area contributed by atoms with Crippen molar-refractivity contribution >= 4 is 23.3 Å². The van der Waals surface area contributed by atoms with Crippen LogP contribution in [0.3, 0.4) is 0 Å². The molecule has 2 aromatic heterocycles. The fourth-order valence-electron chi connectivity index (χ4n) is 4.08. The summed E-state index contributed by atoms with van der Waals surface area (Å²) in [5.74, 6) is 0.0270. The van der Waals surface area contributed by atoms with Crippen molar-refractivity contribution in [3.8, 4) is 17.3 Å². The third-order valence-electron chi connectivity index (χ3n) is 5.82. The first kappa shape index (κ1) is 24.3. The highest BCUT2D eigenvalue weighted by Crippen LogP contribution is 2.32. The lowest BCUT2D eigenvalue weighted by atomic mass is 9.92. The lowest BCUT2D eigenvalue weighted by molar-refractivity contribution is -0.390. The van der Waals surface area contributed by atoms with E-state index < -0.39 is 11.0 Å². The molecule has 0 aliphatic carbocycles. The van der Waals surface area contributed by atoms with Crippen molar-refractivity contribution in [3.05, 3.63) is 98.6 Å². The van der Waals surface area contributed by atoms with E-state index in [0.717, 1.165) is 5.56 Å². The number of benzene rings is 2. The minimum atomic E-state index is -0.597. The molecule has 3 heterocycles. The van der Waals surface area contributed by atoms with Crippen LogP contribution >= 0.6 is 11.6 Å². The largest absolute Gasteiger partial charge is 0.438 e. The van der Waals surface area contributed by atoms with Gasteiger partial charge in [-0.15, -0.1) is 4.68 Å². The van der Waals surface area contributed by atoms with Crippen LogP contribution in [0.1, 0.15) is 40.0 Å². The molecular formula is C25H21ClN6O5. The third kappa shape index (κ3) is 5.13. The standard InChI is InChI=1S/C25H21ClN6O5/c1-2-36-14-16-12-27-25(26)29-24(16)37-18-8-5-7-17(11-18)31-13-20(22(30-31)32(34)35)21-10-15-6-3-4-9-19(15)23(33)28-21/h3-9,11-13,21H,2,10,14H2,1H3,(H,28,33). The normalized spacial score (nSPS) is 14.6. The number of nitro groups is 1. The van der Waals surface area contributed by atoms with Gasteiger partial charge in [0, 0.05) is 24.4 Å². The first-order valence-corrected chi connectivity index (χ1v) is 11.8. The number of ether oxygens (including phenoxy) is 2. The number of amides is 1. The number of hydrogen-bond acceptors (Lipinski definition) is 8. The van der Waals surface area contributed by atoms with Crippen LogP contribution in [0.2, 0.25) is 5.28 Å². The molecule has 4 aromatic rings.